The zero-order valence-electron chi connectivity index (χ0n) is 17.6. The van der Waals surface area contributed by atoms with Gasteiger partial charge in [-0.1, -0.05) is 11.6 Å². The molecular weight excluding hydrogens is 456 g/mol. The van der Waals surface area contributed by atoms with Crippen molar-refractivity contribution in [2.45, 2.75) is 32.2 Å². The molecule has 2 unspecified atom stereocenters. The average molecular weight is 479 g/mol. The zero-order chi connectivity index (χ0) is 23.0. The lowest BCUT2D eigenvalue weighted by Gasteiger charge is -2.37. The van der Waals surface area contributed by atoms with E-state index in [0.717, 1.165) is 18.5 Å². The summed E-state index contributed by atoms with van der Waals surface area (Å²) in [5.41, 5.74) is 8.20. The normalized spacial score (nSPS) is 18.4. The van der Waals surface area contributed by atoms with Crippen LogP contribution < -0.4 is 11.1 Å². The molecule has 3 N–H and O–H groups in total. The molecule has 1 aliphatic rings. The summed E-state index contributed by atoms with van der Waals surface area (Å²) in [5.74, 6) is 0.439. The Labute approximate surface area is 190 Å². The van der Waals surface area contributed by atoms with E-state index in [-0.39, 0.29) is 29.1 Å². The van der Waals surface area contributed by atoms with Gasteiger partial charge in [-0.25, -0.2) is 4.98 Å². The predicted octanol–water partition coefficient (Wildman–Crippen LogP) is 1.92. The molecule has 13 heteroatoms. The largest absolute Gasteiger partial charge is 0.382 e. The van der Waals surface area contributed by atoms with Crippen molar-refractivity contribution in [1.29, 1.82) is 5.26 Å². The lowest BCUT2D eigenvalue weighted by Crippen LogP contribution is -2.36. The SMILES string of the molecule is COS(=O)(=O)CC1CCC1n1nccc1CCNc1nc2c(Cl)c(C)nn2c(N)c1C#N. The average Bonchev–Trinajstić information content (AvgIpc) is 3.31. The molecule has 0 aromatic carbocycles. The summed E-state index contributed by atoms with van der Waals surface area (Å²) < 4.78 is 31.5. The Hall–Kier alpha value is -2.88. The van der Waals surface area contributed by atoms with Gasteiger partial charge in [-0.3, -0.25) is 8.86 Å². The molecule has 3 heterocycles. The van der Waals surface area contributed by atoms with E-state index in [1.807, 2.05) is 10.7 Å². The highest BCUT2D eigenvalue weighted by molar-refractivity contribution is 7.86. The number of nitrogens with zero attached hydrogens (tertiary/aromatic N) is 6. The Morgan fingerprint density at radius 1 is 1.44 bits per heavy atom. The molecule has 1 saturated carbocycles. The van der Waals surface area contributed by atoms with Gasteiger partial charge in [0.2, 0.25) is 0 Å². The molecule has 170 valence electrons. The summed E-state index contributed by atoms with van der Waals surface area (Å²) in [5, 5.41) is 21.7. The summed E-state index contributed by atoms with van der Waals surface area (Å²) in [4.78, 5) is 4.44. The smallest absolute Gasteiger partial charge is 0.267 e. The molecule has 3 aromatic rings. The molecule has 3 aromatic heterocycles. The number of hydrogen-bond acceptors (Lipinski definition) is 9. The second-order valence-corrected chi connectivity index (χ2v) is 9.87. The molecule has 1 aliphatic carbocycles. The highest BCUT2D eigenvalue weighted by Crippen LogP contribution is 2.40. The summed E-state index contributed by atoms with van der Waals surface area (Å²) in [7, 11) is -2.34. The van der Waals surface area contributed by atoms with E-state index >= 15 is 0 Å². The third-order valence-corrected chi connectivity index (χ3v) is 7.59. The van der Waals surface area contributed by atoms with E-state index in [1.165, 1.54) is 11.6 Å². The maximum Gasteiger partial charge on any atom is 0.267 e. The van der Waals surface area contributed by atoms with Crippen LogP contribution in [-0.4, -0.2) is 52.2 Å². The van der Waals surface area contributed by atoms with Gasteiger partial charge in [-0.05, 0) is 31.7 Å². The van der Waals surface area contributed by atoms with Gasteiger partial charge in [0.05, 0.1) is 24.6 Å². The van der Waals surface area contributed by atoms with Crippen LogP contribution in [0.15, 0.2) is 12.3 Å². The Balaban J connectivity index is 1.49. The Morgan fingerprint density at radius 2 is 2.22 bits per heavy atom. The molecule has 1 fully saturated rings. The predicted molar refractivity (Wildman–Crippen MR) is 119 cm³/mol. The highest BCUT2D eigenvalue weighted by Gasteiger charge is 2.37. The third kappa shape index (κ3) is 3.99. The number of nitrogens with one attached hydrogen (secondary N) is 1. The number of aromatic nitrogens is 5. The van der Waals surface area contributed by atoms with Gasteiger partial charge in [0.25, 0.3) is 10.1 Å². The van der Waals surface area contributed by atoms with Crippen LogP contribution in [0.1, 0.15) is 35.8 Å². The minimum absolute atomic E-state index is 0.0123. The molecule has 4 rings (SSSR count). The number of hydrogen-bond donors (Lipinski definition) is 2. The van der Waals surface area contributed by atoms with Crippen molar-refractivity contribution in [1.82, 2.24) is 24.4 Å². The number of nitrogens with two attached hydrogens (primary N) is 1. The molecule has 2 atom stereocenters. The summed E-state index contributed by atoms with van der Waals surface area (Å²) in [6.07, 6.45) is 3.96. The number of nitriles is 1. The van der Waals surface area contributed by atoms with Crippen LogP contribution in [0.4, 0.5) is 11.6 Å². The van der Waals surface area contributed by atoms with Crippen LogP contribution in [0.5, 0.6) is 0 Å². The standard InChI is InChI=1S/C19H23ClN8O3S/c1-11-16(20)19-25-18(14(9-21)17(22)28(19)26-11)23-7-5-13-6-8-24-27(13)15-4-3-12(15)10-32(29,30)31-2/h6,8,12,15H,3-5,7,10,22H2,1-2H3,(H,23,25). The maximum absolute atomic E-state index is 11.8. The fourth-order valence-corrected chi connectivity index (χ4v) is 5.14. The first-order chi connectivity index (χ1) is 15.3. The van der Waals surface area contributed by atoms with E-state index in [0.29, 0.717) is 35.1 Å². The van der Waals surface area contributed by atoms with Gasteiger partial charge in [-0.15, -0.1) is 0 Å². The molecule has 0 spiro atoms. The van der Waals surface area contributed by atoms with Crippen molar-refractivity contribution in [3.05, 3.63) is 34.2 Å². The molecular formula is C19H23ClN8O3S. The van der Waals surface area contributed by atoms with Crippen LogP contribution in [0.2, 0.25) is 5.02 Å². The minimum atomic E-state index is -3.52. The van der Waals surface area contributed by atoms with E-state index in [2.05, 4.69) is 30.8 Å². The fourth-order valence-electron chi connectivity index (χ4n) is 3.93. The van der Waals surface area contributed by atoms with E-state index < -0.39 is 10.1 Å². The molecule has 0 saturated heterocycles. The minimum Gasteiger partial charge on any atom is -0.382 e. The van der Waals surface area contributed by atoms with Crippen molar-refractivity contribution in [2.75, 3.05) is 30.5 Å². The number of aryl methyl sites for hydroxylation is 1. The highest BCUT2D eigenvalue weighted by atomic mass is 35.5. The number of fused-ring (bicyclic) bond motifs is 1. The van der Waals surface area contributed by atoms with Gasteiger partial charge in [0.15, 0.2) is 5.65 Å². The van der Waals surface area contributed by atoms with Crippen LogP contribution in [0, 0.1) is 24.2 Å². The van der Waals surface area contributed by atoms with Crippen molar-refractivity contribution >= 4 is 39.0 Å². The van der Waals surface area contributed by atoms with Gasteiger partial charge in [-0.2, -0.15) is 28.4 Å². The fraction of sp³-hybridized carbons (Fsp3) is 0.474. The number of nitrogen functional groups attached to an aromatic ring is 1. The van der Waals surface area contributed by atoms with Crippen molar-refractivity contribution in [2.24, 2.45) is 5.92 Å². The number of anilines is 2. The third-order valence-electron chi connectivity index (χ3n) is 5.80. The maximum atomic E-state index is 11.8. The van der Waals surface area contributed by atoms with Crippen LogP contribution in [0.3, 0.4) is 0 Å². The van der Waals surface area contributed by atoms with Crippen molar-refractivity contribution in [3.8, 4) is 6.07 Å². The summed E-state index contributed by atoms with van der Waals surface area (Å²) in [6.45, 7) is 2.20. The molecule has 0 bridgehead atoms. The summed E-state index contributed by atoms with van der Waals surface area (Å²) >= 11 is 6.27. The first kappa shape index (κ1) is 22.3. The lowest BCUT2D eigenvalue weighted by atomic mass is 9.81. The second-order valence-electron chi connectivity index (χ2n) is 7.71. The van der Waals surface area contributed by atoms with Gasteiger partial charge in [0, 0.05) is 24.9 Å². The molecule has 0 radical (unpaired) electrons. The van der Waals surface area contributed by atoms with Gasteiger partial charge < -0.3 is 11.1 Å². The van der Waals surface area contributed by atoms with Gasteiger partial charge >= 0.3 is 0 Å². The van der Waals surface area contributed by atoms with Gasteiger partial charge in [0.1, 0.15) is 28.3 Å². The number of halogens is 1. The van der Waals surface area contributed by atoms with E-state index in [4.69, 9.17) is 17.3 Å². The Morgan fingerprint density at radius 3 is 2.88 bits per heavy atom. The zero-order valence-corrected chi connectivity index (χ0v) is 19.2. The Kier molecular flexibility index (Phi) is 5.98. The topological polar surface area (TPSA) is 153 Å². The van der Waals surface area contributed by atoms with Crippen LogP contribution in [-0.2, 0) is 20.7 Å². The first-order valence-corrected chi connectivity index (χ1v) is 12.0. The van der Waals surface area contributed by atoms with Crippen LogP contribution in [0.25, 0.3) is 5.65 Å². The quantitative estimate of drug-likeness (QED) is 0.462. The van der Waals surface area contributed by atoms with E-state index in [9.17, 15) is 13.7 Å². The van der Waals surface area contributed by atoms with Crippen LogP contribution >= 0.6 is 11.6 Å². The molecule has 0 amide bonds. The Bertz CT molecular complexity index is 1310. The summed E-state index contributed by atoms with van der Waals surface area (Å²) in [6, 6.07) is 3.98. The van der Waals surface area contributed by atoms with Crippen molar-refractivity contribution < 1.29 is 12.6 Å². The first-order valence-electron chi connectivity index (χ1n) is 10.0. The molecule has 0 aliphatic heterocycles. The van der Waals surface area contributed by atoms with E-state index in [1.54, 1.807) is 13.1 Å². The molecule has 32 heavy (non-hydrogen) atoms. The molecule has 11 nitrogen and oxygen atoms in total. The number of rotatable bonds is 8. The second kappa shape index (κ2) is 8.57. The monoisotopic (exact) mass is 478 g/mol. The lowest BCUT2D eigenvalue weighted by molar-refractivity contribution is 0.180. The van der Waals surface area contributed by atoms with Crippen molar-refractivity contribution in [3.63, 3.8) is 0 Å².